The Bertz CT molecular complexity index is 854. The zero-order chi connectivity index (χ0) is 21.7. The summed E-state index contributed by atoms with van der Waals surface area (Å²) in [6.07, 6.45) is 0. The van der Waals surface area contributed by atoms with E-state index in [1.165, 1.54) is 0 Å². The summed E-state index contributed by atoms with van der Waals surface area (Å²) in [5.74, 6) is -1.98. The molecule has 2 rings (SSSR count). The Labute approximate surface area is 175 Å². The number of carbonyl (C=O) groups is 3. The molecule has 8 nitrogen and oxygen atoms in total. The molecule has 0 radical (unpaired) electrons. The SMILES string of the molecule is CCOC(=O)C1=C(C)NC(C)=C(C(=O)OCC)C1c1ccccc1N(S)C(N)=O. The maximum atomic E-state index is 12.8. The van der Waals surface area contributed by atoms with E-state index in [2.05, 4.69) is 18.1 Å². The topological polar surface area (TPSA) is 111 Å². The number of benzene rings is 1. The Morgan fingerprint density at radius 3 is 1.97 bits per heavy atom. The molecular formula is C20H25N3O5S. The van der Waals surface area contributed by atoms with Gasteiger partial charge in [0.2, 0.25) is 0 Å². The number of ether oxygens (including phenoxy) is 2. The first-order valence-corrected chi connectivity index (χ1v) is 9.54. The van der Waals surface area contributed by atoms with Gasteiger partial charge in [-0.15, -0.1) is 0 Å². The van der Waals surface area contributed by atoms with Gasteiger partial charge in [0.25, 0.3) is 0 Å². The monoisotopic (exact) mass is 419 g/mol. The van der Waals surface area contributed by atoms with Crippen molar-refractivity contribution in [3.8, 4) is 0 Å². The van der Waals surface area contributed by atoms with E-state index in [-0.39, 0.29) is 24.4 Å². The summed E-state index contributed by atoms with van der Waals surface area (Å²) in [5, 5.41) is 3.06. The van der Waals surface area contributed by atoms with Crippen LogP contribution in [-0.4, -0.2) is 31.2 Å². The van der Waals surface area contributed by atoms with E-state index in [1.54, 1.807) is 52.0 Å². The summed E-state index contributed by atoms with van der Waals surface area (Å²) in [5.41, 5.74) is 7.82. The van der Waals surface area contributed by atoms with Crippen LogP contribution in [-0.2, 0) is 19.1 Å². The minimum absolute atomic E-state index is 0.168. The molecule has 29 heavy (non-hydrogen) atoms. The number of rotatable bonds is 6. The van der Waals surface area contributed by atoms with Gasteiger partial charge in [-0.05, 0) is 39.3 Å². The number of allylic oxidation sites excluding steroid dienone is 2. The Morgan fingerprint density at radius 1 is 1.03 bits per heavy atom. The van der Waals surface area contributed by atoms with Gasteiger partial charge in [-0.2, -0.15) is 0 Å². The molecule has 0 aromatic heterocycles. The number of nitrogens with two attached hydrogens (primary N) is 1. The number of thiol groups is 1. The highest BCUT2D eigenvalue weighted by Gasteiger charge is 2.39. The van der Waals surface area contributed by atoms with Gasteiger partial charge < -0.3 is 20.5 Å². The third kappa shape index (κ3) is 4.56. The van der Waals surface area contributed by atoms with Crippen LogP contribution in [0, 0.1) is 0 Å². The molecule has 1 aromatic rings. The Morgan fingerprint density at radius 2 is 1.52 bits per heavy atom. The van der Waals surface area contributed by atoms with Crippen LogP contribution in [0.15, 0.2) is 46.8 Å². The molecule has 0 aliphatic carbocycles. The van der Waals surface area contributed by atoms with Gasteiger partial charge in [0.05, 0.1) is 36.0 Å². The third-order valence-corrected chi connectivity index (χ3v) is 4.85. The van der Waals surface area contributed by atoms with E-state index in [9.17, 15) is 14.4 Å². The van der Waals surface area contributed by atoms with Crippen molar-refractivity contribution in [3.05, 3.63) is 52.4 Å². The van der Waals surface area contributed by atoms with Crippen molar-refractivity contribution in [2.24, 2.45) is 5.73 Å². The van der Waals surface area contributed by atoms with Crippen molar-refractivity contribution >= 4 is 36.5 Å². The molecule has 1 aliphatic rings. The first kappa shape index (κ1) is 22.4. The quantitative estimate of drug-likeness (QED) is 0.483. The largest absolute Gasteiger partial charge is 0.463 e. The summed E-state index contributed by atoms with van der Waals surface area (Å²) >= 11 is 4.17. The highest BCUT2D eigenvalue weighted by Crippen LogP contribution is 2.43. The van der Waals surface area contributed by atoms with Crippen LogP contribution >= 0.6 is 12.8 Å². The fourth-order valence-electron chi connectivity index (χ4n) is 3.31. The Balaban J connectivity index is 2.77. The van der Waals surface area contributed by atoms with Crippen molar-refractivity contribution in [1.29, 1.82) is 0 Å². The number of esters is 2. The van der Waals surface area contributed by atoms with Crippen molar-refractivity contribution in [3.63, 3.8) is 0 Å². The number of anilines is 1. The lowest BCUT2D eigenvalue weighted by Gasteiger charge is -2.32. The highest BCUT2D eigenvalue weighted by molar-refractivity contribution is 7.82. The lowest BCUT2D eigenvalue weighted by atomic mass is 9.79. The van der Waals surface area contributed by atoms with Gasteiger partial charge >= 0.3 is 18.0 Å². The first-order chi connectivity index (χ1) is 13.7. The second-order valence-electron chi connectivity index (χ2n) is 6.29. The molecule has 0 bridgehead atoms. The summed E-state index contributed by atoms with van der Waals surface area (Å²) in [4.78, 5) is 37.4. The van der Waals surface area contributed by atoms with Crippen LogP contribution in [0.2, 0.25) is 0 Å². The van der Waals surface area contributed by atoms with E-state index in [1.807, 2.05) is 0 Å². The van der Waals surface area contributed by atoms with Crippen LogP contribution in [0.5, 0.6) is 0 Å². The maximum absolute atomic E-state index is 12.8. The molecule has 0 saturated heterocycles. The molecule has 3 N–H and O–H groups in total. The summed E-state index contributed by atoms with van der Waals surface area (Å²) in [7, 11) is 0. The number of amides is 2. The van der Waals surface area contributed by atoms with E-state index in [0.29, 0.717) is 22.6 Å². The minimum Gasteiger partial charge on any atom is -0.463 e. The molecule has 0 saturated carbocycles. The van der Waals surface area contributed by atoms with Crippen LogP contribution < -0.4 is 15.4 Å². The summed E-state index contributed by atoms with van der Waals surface area (Å²) < 4.78 is 11.4. The second kappa shape index (κ2) is 9.51. The molecule has 1 aliphatic heterocycles. The number of nitrogens with one attached hydrogen (secondary N) is 1. The lowest BCUT2D eigenvalue weighted by molar-refractivity contribution is -0.139. The number of urea groups is 1. The van der Waals surface area contributed by atoms with Crippen LogP contribution in [0.4, 0.5) is 10.5 Å². The van der Waals surface area contributed by atoms with Crippen molar-refractivity contribution in [2.45, 2.75) is 33.6 Å². The van der Waals surface area contributed by atoms with Crippen molar-refractivity contribution < 1.29 is 23.9 Å². The second-order valence-corrected chi connectivity index (χ2v) is 6.69. The Hall–Kier alpha value is -2.94. The number of primary amides is 1. The average molecular weight is 420 g/mol. The molecule has 1 heterocycles. The number of hydrogen-bond acceptors (Lipinski definition) is 7. The van der Waals surface area contributed by atoms with Gasteiger partial charge in [0.15, 0.2) is 0 Å². The fraction of sp³-hybridized carbons (Fsp3) is 0.350. The lowest BCUT2D eigenvalue weighted by Crippen LogP contribution is -2.34. The molecule has 0 spiro atoms. The summed E-state index contributed by atoms with van der Waals surface area (Å²) in [6.45, 7) is 7.17. The predicted octanol–water partition coefficient (Wildman–Crippen LogP) is 2.78. The zero-order valence-electron chi connectivity index (χ0n) is 16.8. The highest BCUT2D eigenvalue weighted by atomic mass is 32.1. The van der Waals surface area contributed by atoms with Gasteiger partial charge in [0, 0.05) is 11.4 Å². The molecule has 156 valence electrons. The van der Waals surface area contributed by atoms with E-state index in [4.69, 9.17) is 15.2 Å². The molecule has 2 amide bonds. The number of carbonyl (C=O) groups excluding carboxylic acids is 3. The predicted molar refractivity (Wildman–Crippen MR) is 112 cm³/mol. The van der Waals surface area contributed by atoms with Crippen LogP contribution in [0.1, 0.15) is 39.2 Å². The van der Waals surface area contributed by atoms with Gasteiger partial charge in [-0.25, -0.2) is 18.7 Å². The van der Waals surface area contributed by atoms with Crippen LogP contribution in [0.3, 0.4) is 0 Å². The standard InChI is InChI=1S/C20H25N3O5S/c1-5-27-18(24)15-11(3)22-12(4)16(19(25)28-6-2)17(15)13-9-7-8-10-14(13)23(29)20(21)26/h7-10,17,22,29H,5-6H2,1-4H3,(H2,21,26). The Kier molecular flexibility index (Phi) is 7.33. The van der Waals surface area contributed by atoms with E-state index in [0.717, 1.165) is 4.31 Å². The smallest absolute Gasteiger partial charge is 0.336 e. The molecule has 0 atom stereocenters. The molecular weight excluding hydrogens is 394 g/mol. The van der Waals surface area contributed by atoms with Gasteiger partial charge in [0.1, 0.15) is 0 Å². The zero-order valence-corrected chi connectivity index (χ0v) is 17.7. The minimum atomic E-state index is -0.834. The molecule has 0 unspecified atom stereocenters. The number of hydrogen-bond donors (Lipinski definition) is 3. The third-order valence-electron chi connectivity index (χ3n) is 4.44. The average Bonchev–Trinajstić information content (AvgIpc) is 2.66. The molecule has 0 fully saturated rings. The number of para-hydroxylation sites is 1. The van der Waals surface area contributed by atoms with Crippen molar-refractivity contribution in [1.82, 2.24) is 5.32 Å². The fourth-order valence-corrected chi connectivity index (χ4v) is 3.49. The first-order valence-electron chi connectivity index (χ1n) is 9.14. The molecule has 9 heteroatoms. The molecule has 1 aromatic carbocycles. The van der Waals surface area contributed by atoms with E-state index >= 15 is 0 Å². The number of nitrogens with zero attached hydrogens (tertiary/aromatic N) is 1. The van der Waals surface area contributed by atoms with Gasteiger partial charge in [-0.1, -0.05) is 31.0 Å². The van der Waals surface area contributed by atoms with Crippen molar-refractivity contribution in [2.75, 3.05) is 17.5 Å². The van der Waals surface area contributed by atoms with E-state index < -0.39 is 23.9 Å². The van der Waals surface area contributed by atoms with Crippen LogP contribution in [0.25, 0.3) is 0 Å². The van der Waals surface area contributed by atoms with Gasteiger partial charge in [-0.3, -0.25) is 0 Å². The summed E-state index contributed by atoms with van der Waals surface area (Å²) in [6, 6.07) is 5.97. The maximum Gasteiger partial charge on any atom is 0.336 e. The normalized spacial score (nSPS) is 14.4. The number of dihydropyridines is 1.